The number of carbonyl (C=O) groups excluding carboxylic acids is 1. The van der Waals surface area contributed by atoms with Gasteiger partial charge in [0.1, 0.15) is 0 Å². The first-order valence-corrected chi connectivity index (χ1v) is 14.8. The molecule has 3 heterocycles. The molecule has 3 fully saturated rings. The molecule has 5 rings (SSSR count). The van der Waals surface area contributed by atoms with Crippen LogP contribution in [0.1, 0.15) is 75.3 Å². The minimum absolute atomic E-state index is 0.0694. The highest BCUT2D eigenvalue weighted by Gasteiger charge is 2.31. The van der Waals surface area contributed by atoms with Crippen LogP contribution in [0, 0.1) is 11.8 Å². The van der Waals surface area contributed by atoms with Crippen LogP contribution in [0.5, 0.6) is 0 Å². The topological polar surface area (TPSA) is 62.6 Å². The molecule has 2 aliphatic heterocycles. The Hall–Kier alpha value is -1.86. The molecule has 1 amide bonds. The van der Waals surface area contributed by atoms with Gasteiger partial charge in [0.15, 0.2) is 0 Å². The molecule has 1 saturated carbocycles. The predicted octanol–water partition coefficient (Wildman–Crippen LogP) is 4.64. The third-order valence-electron chi connectivity index (χ3n) is 8.52. The molecule has 2 saturated heterocycles. The zero-order valence-electron chi connectivity index (χ0n) is 20.7. The molecule has 7 heteroatoms. The van der Waals surface area contributed by atoms with E-state index < -0.39 is 10.0 Å². The number of likely N-dealkylation sites (tertiary alicyclic amines) is 1. The number of aryl methyl sites for hydroxylation is 1. The van der Waals surface area contributed by atoms with Crippen LogP contribution in [-0.2, 0) is 27.6 Å². The highest BCUT2D eigenvalue weighted by molar-refractivity contribution is 7.88. The fourth-order valence-electron chi connectivity index (χ4n) is 6.29. The number of sulfonamides is 1. The lowest BCUT2D eigenvalue weighted by Gasteiger charge is -2.33. The summed E-state index contributed by atoms with van der Waals surface area (Å²) in [6.07, 6.45) is 10.6. The number of nitrogens with zero attached hydrogens (tertiary/aromatic N) is 3. The molecule has 0 radical (unpaired) electrons. The second-order valence-electron chi connectivity index (χ2n) is 11.0. The van der Waals surface area contributed by atoms with Gasteiger partial charge in [-0.15, -0.1) is 0 Å². The Bertz CT molecular complexity index is 1130. The van der Waals surface area contributed by atoms with Crippen LogP contribution in [-0.4, -0.2) is 54.3 Å². The Morgan fingerprint density at radius 3 is 2.32 bits per heavy atom. The second-order valence-corrected chi connectivity index (χ2v) is 12.9. The highest BCUT2D eigenvalue weighted by Crippen LogP contribution is 2.36. The number of benzene rings is 1. The average Bonchev–Trinajstić information content (AvgIpc) is 3.47. The summed E-state index contributed by atoms with van der Waals surface area (Å²) in [7, 11) is -1.24. The van der Waals surface area contributed by atoms with Gasteiger partial charge in [0.2, 0.25) is 15.9 Å². The van der Waals surface area contributed by atoms with Crippen molar-refractivity contribution in [3.8, 4) is 0 Å². The maximum absolute atomic E-state index is 13.1. The van der Waals surface area contributed by atoms with Crippen molar-refractivity contribution in [2.45, 2.75) is 70.0 Å². The van der Waals surface area contributed by atoms with Crippen LogP contribution < -0.4 is 0 Å². The second kappa shape index (κ2) is 9.65. The molecule has 3 aliphatic rings. The summed E-state index contributed by atoms with van der Waals surface area (Å²) in [5, 5.41) is 1.17. The van der Waals surface area contributed by atoms with Crippen LogP contribution in [0.2, 0.25) is 0 Å². The quantitative estimate of drug-likeness (QED) is 0.620. The summed E-state index contributed by atoms with van der Waals surface area (Å²) in [6.45, 7) is 5.14. The Morgan fingerprint density at radius 2 is 1.65 bits per heavy atom. The Labute approximate surface area is 204 Å². The van der Waals surface area contributed by atoms with Crippen molar-refractivity contribution in [2.24, 2.45) is 18.9 Å². The first-order valence-electron chi connectivity index (χ1n) is 13.2. The summed E-state index contributed by atoms with van der Waals surface area (Å²) in [4.78, 5) is 14.9. The number of carbonyl (C=O) groups is 1. The summed E-state index contributed by atoms with van der Waals surface area (Å²) in [6, 6.07) is 6.14. The molecule has 0 bridgehead atoms. The van der Waals surface area contributed by atoms with Gasteiger partial charge in [-0.25, -0.2) is 12.7 Å². The van der Waals surface area contributed by atoms with Crippen molar-refractivity contribution in [3.63, 3.8) is 0 Å². The van der Waals surface area contributed by atoms with Gasteiger partial charge in [-0.2, -0.15) is 0 Å². The van der Waals surface area contributed by atoms with Gasteiger partial charge in [-0.3, -0.25) is 4.79 Å². The number of amides is 1. The summed E-state index contributed by atoms with van der Waals surface area (Å²) in [5.41, 5.74) is 3.32. The SMILES string of the molecule is CC1CCN(S(=O)(=O)Cc2ccc3c(c2)c(C2CCN(C(=O)C4CCCC4)CC2)cn3C)CC1. The average molecular weight is 486 g/mol. The number of rotatable bonds is 5. The van der Waals surface area contributed by atoms with Gasteiger partial charge in [-0.05, 0) is 73.6 Å². The fraction of sp³-hybridized carbons (Fsp3) is 0.667. The lowest BCUT2D eigenvalue weighted by Crippen LogP contribution is -2.40. The van der Waals surface area contributed by atoms with E-state index in [1.165, 1.54) is 23.8 Å². The van der Waals surface area contributed by atoms with Crippen LogP contribution >= 0.6 is 0 Å². The third kappa shape index (κ3) is 4.78. The summed E-state index contributed by atoms with van der Waals surface area (Å²) in [5.74, 6) is 1.71. The first kappa shape index (κ1) is 23.9. The molecule has 0 spiro atoms. The number of hydrogen-bond donors (Lipinski definition) is 0. The third-order valence-corrected chi connectivity index (χ3v) is 10.4. The molecule has 34 heavy (non-hydrogen) atoms. The summed E-state index contributed by atoms with van der Waals surface area (Å²) >= 11 is 0. The fourth-order valence-corrected chi connectivity index (χ4v) is 7.84. The van der Waals surface area contributed by atoms with Crippen LogP contribution in [0.4, 0.5) is 0 Å². The molecule has 0 unspecified atom stereocenters. The molecular weight excluding hydrogens is 446 g/mol. The highest BCUT2D eigenvalue weighted by atomic mass is 32.2. The molecule has 6 nitrogen and oxygen atoms in total. The maximum Gasteiger partial charge on any atom is 0.225 e. The van der Waals surface area contributed by atoms with Gasteiger partial charge >= 0.3 is 0 Å². The molecular formula is C27H39N3O3S. The van der Waals surface area contributed by atoms with Crippen molar-refractivity contribution in [1.82, 2.24) is 13.8 Å². The molecule has 1 aliphatic carbocycles. The van der Waals surface area contributed by atoms with Gasteiger partial charge in [-0.1, -0.05) is 25.8 Å². The molecule has 0 N–H and O–H groups in total. The van der Waals surface area contributed by atoms with Gasteiger partial charge < -0.3 is 9.47 Å². The van der Waals surface area contributed by atoms with E-state index in [4.69, 9.17) is 0 Å². The Balaban J connectivity index is 1.31. The van der Waals surface area contributed by atoms with Crippen molar-refractivity contribution in [2.75, 3.05) is 26.2 Å². The van der Waals surface area contributed by atoms with Crippen molar-refractivity contribution >= 4 is 26.8 Å². The van der Waals surface area contributed by atoms with E-state index in [-0.39, 0.29) is 11.7 Å². The van der Waals surface area contributed by atoms with Gasteiger partial charge in [0.05, 0.1) is 5.75 Å². The van der Waals surface area contributed by atoms with Crippen LogP contribution in [0.15, 0.2) is 24.4 Å². The minimum Gasteiger partial charge on any atom is -0.350 e. The van der Waals surface area contributed by atoms with Gasteiger partial charge in [0.25, 0.3) is 0 Å². The molecule has 2 aromatic rings. The molecule has 186 valence electrons. The zero-order chi connectivity index (χ0) is 23.9. The van der Waals surface area contributed by atoms with Crippen LogP contribution in [0.3, 0.4) is 0 Å². The van der Waals surface area contributed by atoms with Gasteiger partial charge in [0, 0.05) is 56.2 Å². The van der Waals surface area contributed by atoms with Crippen LogP contribution in [0.25, 0.3) is 10.9 Å². The monoisotopic (exact) mass is 485 g/mol. The number of fused-ring (bicyclic) bond motifs is 1. The van der Waals surface area contributed by atoms with Crippen molar-refractivity contribution < 1.29 is 13.2 Å². The Morgan fingerprint density at radius 1 is 0.971 bits per heavy atom. The van der Waals surface area contributed by atoms with E-state index in [9.17, 15) is 13.2 Å². The Kier molecular flexibility index (Phi) is 6.77. The normalized spacial score (nSPS) is 22.1. The smallest absolute Gasteiger partial charge is 0.225 e. The first-order chi connectivity index (χ1) is 16.3. The van der Waals surface area contributed by atoms with E-state index in [0.717, 1.165) is 62.7 Å². The van der Waals surface area contributed by atoms with E-state index in [2.05, 4.69) is 41.8 Å². The largest absolute Gasteiger partial charge is 0.350 e. The van der Waals surface area contributed by atoms with E-state index in [1.54, 1.807) is 4.31 Å². The molecule has 1 aromatic carbocycles. The van der Waals surface area contributed by atoms with E-state index in [0.29, 0.717) is 30.8 Å². The van der Waals surface area contributed by atoms with Crippen molar-refractivity contribution in [3.05, 3.63) is 35.5 Å². The maximum atomic E-state index is 13.1. The molecule has 0 atom stereocenters. The predicted molar refractivity (Wildman–Crippen MR) is 136 cm³/mol. The summed E-state index contributed by atoms with van der Waals surface area (Å²) < 4.78 is 30.0. The lowest BCUT2D eigenvalue weighted by atomic mass is 9.88. The van der Waals surface area contributed by atoms with E-state index >= 15 is 0 Å². The standard InChI is InChI=1S/C27H39N3O3S/c1-20-9-15-30(16-10-20)34(32,33)19-21-7-8-26-24(17-21)25(18-28(26)2)22-11-13-29(14-12-22)27(31)23-5-3-4-6-23/h7-8,17-18,20,22-23H,3-6,9-16,19H2,1-2H3. The molecule has 1 aromatic heterocycles. The van der Waals surface area contributed by atoms with Crippen molar-refractivity contribution in [1.29, 1.82) is 0 Å². The number of piperidine rings is 2. The lowest BCUT2D eigenvalue weighted by molar-refractivity contribution is -0.136. The number of hydrogen-bond acceptors (Lipinski definition) is 3. The number of aromatic nitrogens is 1. The zero-order valence-corrected chi connectivity index (χ0v) is 21.5. The minimum atomic E-state index is -3.30. The van der Waals surface area contributed by atoms with E-state index in [1.807, 2.05) is 6.07 Å².